The van der Waals surface area contributed by atoms with E-state index in [4.69, 9.17) is 0 Å². The van der Waals surface area contributed by atoms with Crippen molar-refractivity contribution in [1.29, 1.82) is 0 Å². The van der Waals surface area contributed by atoms with Gasteiger partial charge in [-0.3, -0.25) is 4.79 Å². The fourth-order valence-electron chi connectivity index (χ4n) is 2.62. The second kappa shape index (κ2) is 11.0. The Bertz CT molecular complexity index is 734. The molecule has 0 spiro atoms. The van der Waals surface area contributed by atoms with Gasteiger partial charge in [0.1, 0.15) is 0 Å². The molecule has 3 amide bonds. The molecule has 0 aromatic heterocycles. The van der Waals surface area contributed by atoms with Crippen LogP contribution in [0.2, 0.25) is 0 Å². The van der Waals surface area contributed by atoms with Gasteiger partial charge in [-0.1, -0.05) is 55.5 Å². The lowest BCUT2D eigenvalue weighted by Crippen LogP contribution is -2.38. The van der Waals surface area contributed by atoms with Gasteiger partial charge in [0, 0.05) is 38.8 Å². The average Bonchev–Trinajstić information content (AvgIpc) is 2.68. The Morgan fingerprint density at radius 2 is 1.70 bits per heavy atom. The minimum atomic E-state index is -0.195. The summed E-state index contributed by atoms with van der Waals surface area (Å²) in [5, 5.41) is 8.96. The van der Waals surface area contributed by atoms with Crippen LogP contribution in [0.15, 0.2) is 54.6 Å². The fraction of sp³-hybridized carbons (Fsp3) is 0.333. The highest BCUT2D eigenvalue weighted by Crippen LogP contribution is 2.15. The Morgan fingerprint density at radius 3 is 2.44 bits per heavy atom. The first kappa shape index (κ1) is 20.5. The van der Waals surface area contributed by atoms with Crippen molar-refractivity contribution in [3.8, 4) is 0 Å². The number of amides is 3. The summed E-state index contributed by atoms with van der Waals surface area (Å²) in [7, 11) is 1.74. The molecular weight excluding hydrogens is 340 g/mol. The van der Waals surface area contributed by atoms with Gasteiger partial charge < -0.3 is 20.9 Å². The van der Waals surface area contributed by atoms with Crippen molar-refractivity contribution in [2.24, 2.45) is 0 Å². The molecule has 0 heterocycles. The molecule has 27 heavy (non-hydrogen) atoms. The van der Waals surface area contributed by atoms with Gasteiger partial charge in [-0.15, -0.1) is 0 Å². The molecule has 144 valence electrons. The van der Waals surface area contributed by atoms with E-state index in [-0.39, 0.29) is 18.4 Å². The van der Waals surface area contributed by atoms with E-state index >= 15 is 0 Å². The van der Waals surface area contributed by atoms with Crippen LogP contribution in [0.4, 0.5) is 10.5 Å². The molecule has 3 N–H and O–H groups in total. The second-order valence-electron chi connectivity index (χ2n) is 6.31. The van der Waals surface area contributed by atoms with Crippen molar-refractivity contribution in [2.45, 2.75) is 26.4 Å². The number of anilines is 1. The third kappa shape index (κ3) is 7.11. The molecular formula is C21H28N4O2. The number of hydrogen-bond donors (Lipinski definition) is 3. The van der Waals surface area contributed by atoms with Crippen LogP contribution < -0.4 is 16.0 Å². The van der Waals surface area contributed by atoms with Crippen LogP contribution in [0.25, 0.3) is 0 Å². The highest BCUT2D eigenvalue weighted by Gasteiger charge is 2.10. The first-order valence-electron chi connectivity index (χ1n) is 9.21. The zero-order valence-electron chi connectivity index (χ0n) is 16.0. The van der Waals surface area contributed by atoms with E-state index in [0.29, 0.717) is 19.6 Å². The van der Waals surface area contributed by atoms with Gasteiger partial charge in [-0.05, 0) is 23.7 Å². The third-order valence-electron chi connectivity index (χ3n) is 4.09. The number of urea groups is 1. The summed E-state index contributed by atoms with van der Waals surface area (Å²) in [6, 6.07) is 17.3. The van der Waals surface area contributed by atoms with E-state index in [1.165, 1.54) is 0 Å². The number of rotatable bonds is 9. The molecule has 2 aromatic carbocycles. The molecule has 2 aromatic rings. The lowest BCUT2D eigenvalue weighted by Gasteiger charge is -2.18. The normalized spacial score (nSPS) is 10.3. The molecule has 0 unspecified atom stereocenters. The van der Waals surface area contributed by atoms with Gasteiger partial charge in [0.25, 0.3) is 0 Å². The van der Waals surface area contributed by atoms with Crippen LogP contribution in [0.1, 0.15) is 24.5 Å². The zero-order valence-corrected chi connectivity index (χ0v) is 16.0. The van der Waals surface area contributed by atoms with Gasteiger partial charge in [0.05, 0.1) is 0 Å². The van der Waals surface area contributed by atoms with E-state index in [1.54, 1.807) is 11.9 Å². The Hall–Kier alpha value is -2.86. The highest BCUT2D eigenvalue weighted by molar-refractivity contribution is 5.91. The van der Waals surface area contributed by atoms with Gasteiger partial charge in [0.2, 0.25) is 5.91 Å². The molecule has 6 heteroatoms. The van der Waals surface area contributed by atoms with Crippen LogP contribution in [0.3, 0.4) is 0 Å². The van der Waals surface area contributed by atoms with Crippen molar-refractivity contribution in [3.05, 3.63) is 65.7 Å². The van der Waals surface area contributed by atoms with Crippen molar-refractivity contribution in [3.63, 3.8) is 0 Å². The maximum Gasteiger partial charge on any atom is 0.317 e. The van der Waals surface area contributed by atoms with Crippen LogP contribution in [0.5, 0.6) is 0 Å². The number of hydrogen-bond acceptors (Lipinski definition) is 3. The summed E-state index contributed by atoms with van der Waals surface area (Å²) in [6.45, 7) is 4.42. The van der Waals surface area contributed by atoms with Gasteiger partial charge in [-0.2, -0.15) is 0 Å². The smallest absolute Gasteiger partial charge is 0.317 e. The van der Waals surface area contributed by atoms with Crippen LogP contribution in [-0.2, 0) is 17.9 Å². The standard InChI is InChI=1S/C21H28N4O2/c1-3-22-15-18-11-7-8-12-19(18)24-20(26)13-14-23-21(27)25(2)16-17-9-5-4-6-10-17/h4-12,22H,3,13-16H2,1-2H3,(H,23,27)(H,24,26). The molecule has 0 bridgehead atoms. The van der Waals surface area contributed by atoms with E-state index < -0.39 is 0 Å². The van der Waals surface area contributed by atoms with E-state index in [9.17, 15) is 9.59 Å². The third-order valence-corrected chi connectivity index (χ3v) is 4.09. The van der Waals surface area contributed by atoms with Gasteiger partial charge >= 0.3 is 6.03 Å². The lowest BCUT2D eigenvalue weighted by atomic mass is 10.1. The topological polar surface area (TPSA) is 73.5 Å². The van der Waals surface area contributed by atoms with E-state index in [1.807, 2.05) is 61.5 Å². The number of para-hydroxylation sites is 1. The Morgan fingerprint density at radius 1 is 1.00 bits per heavy atom. The van der Waals surface area contributed by atoms with Crippen molar-refractivity contribution in [1.82, 2.24) is 15.5 Å². The molecule has 0 radical (unpaired) electrons. The summed E-state index contributed by atoms with van der Waals surface area (Å²) in [4.78, 5) is 25.9. The minimum absolute atomic E-state index is 0.120. The van der Waals surface area contributed by atoms with Crippen LogP contribution in [0, 0.1) is 0 Å². The number of nitrogens with zero attached hydrogens (tertiary/aromatic N) is 1. The summed E-state index contributed by atoms with van der Waals surface area (Å²) >= 11 is 0. The van der Waals surface area contributed by atoms with Crippen molar-refractivity contribution < 1.29 is 9.59 Å². The molecule has 0 fully saturated rings. The molecule has 0 aliphatic carbocycles. The number of benzene rings is 2. The number of carbonyl (C=O) groups is 2. The highest BCUT2D eigenvalue weighted by atomic mass is 16.2. The molecule has 0 saturated carbocycles. The number of carbonyl (C=O) groups excluding carboxylic acids is 2. The molecule has 0 saturated heterocycles. The van der Waals surface area contributed by atoms with Gasteiger partial charge in [-0.25, -0.2) is 4.79 Å². The molecule has 0 atom stereocenters. The average molecular weight is 368 g/mol. The Kier molecular flexibility index (Phi) is 8.32. The van der Waals surface area contributed by atoms with Crippen molar-refractivity contribution in [2.75, 3.05) is 25.5 Å². The maximum atomic E-state index is 12.2. The predicted molar refractivity (Wildman–Crippen MR) is 108 cm³/mol. The summed E-state index contributed by atoms with van der Waals surface area (Å²) in [5.41, 5.74) is 2.90. The first-order chi connectivity index (χ1) is 13.1. The fourth-order valence-corrected chi connectivity index (χ4v) is 2.62. The molecule has 0 aliphatic heterocycles. The van der Waals surface area contributed by atoms with Crippen molar-refractivity contribution >= 4 is 17.6 Å². The monoisotopic (exact) mass is 368 g/mol. The summed E-state index contributed by atoms with van der Waals surface area (Å²) in [6.07, 6.45) is 0.223. The lowest BCUT2D eigenvalue weighted by molar-refractivity contribution is -0.116. The summed E-state index contributed by atoms with van der Waals surface area (Å²) in [5.74, 6) is -0.120. The van der Waals surface area contributed by atoms with Crippen LogP contribution in [-0.4, -0.2) is 37.0 Å². The SMILES string of the molecule is CCNCc1ccccc1NC(=O)CCNC(=O)N(C)Cc1ccccc1. The Balaban J connectivity index is 1.75. The molecule has 0 aliphatic rings. The second-order valence-corrected chi connectivity index (χ2v) is 6.31. The quantitative estimate of drug-likeness (QED) is 0.637. The Labute approximate surface area is 161 Å². The van der Waals surface area contributed by atoms with E-state index in [2.05, 4.69) is 16.0 Å². The largest absolute Gasteiger partial charge is 0.337 e. The first-order valence-corrected chi connectivity index (χ1v) is 9.21. The van der Waals surface area contributed by atoms with Gasteiger partial charge in [0.15, 0.2) is 0 Å². The van der Waals surface area contributed by atoms with Crippen LogP contribution >= 0.6 is 0 Å². The van der Waals surface area contributed by atoms with E-state index in [0.717, 1.165) is 23.4 Å². The minimum Gasteiger partial charge on any atom is -0.337 e. The summed E-state index contributed by atoms with van der Waals surface area (Å²) < 4.78 is 0. The zero-order chi connectivity index (χ0) is 19.5. The molecule has 2 rings (SSSR count). The predicted octanol–water partition coefficient (Wildman–Crippen LogP) is 2.97. The molecule has 6 nitrogen and oxygen atoms in total. The number of nitrogens with one attached hydrogen (secondary N) is 3. The maximum absolute atomic E-state index is 12.2.